The van der Waals surface area contributed by atoms with E-state index in [9.17, 15) is 10.2 Å². The van der Waals surface area contributed by atoms with Gasteiger partial charge in [0, 0.05) is 37.5 Å². The third-order valence-electron chi connectivity index (χ3n) is 3.41. The molecule has 1 aliphatic rings. The van der Waals surface area contributed by atoms with Gasteiger partial charge in [-0.15, -0.1) is 0 Å². The molecule has 0 aliphatic carbocycles. The Balaban J connectivity index is 2.05. The highest BCUT2D eigenvalue weighted by atomic mass is 16.5. The molecule has 1 heterocycles. The molecule has 1 aliphatic heterocycles. The summed E-state index contributed by atoms with van der Waals surface area (Å²) in [5.41, 5.74) is 1.50. The maximum Gasteiger partial charge on any atom is 0.123 e. The number of likely N-dealkylation sites (N-methyl/N-ethyl adjacent to an activating group) is 1. The summed E-state index contributed by atoms with van der Waals surface area (Å²) in [6, 6.07) is 5.37. The zero-order valence-corrected chi connectivity index (χ0v) is 11.0. The van der Waals surface area contributed by atoms with Crippen LogP contribution in [0.4, 0.5) is 5.69 Å². The van der Waals surface area contributed by atoms with E-state index in [1.165, 1.54) is 0 Å². The Morgan fingerprint density at radius 3 is 2.83 bits per heavy atom. The topological polar surface area (TPSA) is 52.9 Å². The Labute approximate surface area is 108 Å². The monoisotopic (exact) mass is 251 g/mol. The van der Waals surface area contributed by atoms with Crippen molar-refractivity contribution in [3.63, 3.8) is 0 Å². The first-order valence-electron chi connectivity index (χ1n) is 6.41. The summed E-state index contributed by atoms with van der Waals surface area (Å²) in [5, 5.41) is 19.3. The normalized spacial score (nSPS) is 20.9. The Bertz CT molecular complexity index is 400. The molecule has 0 amide bonds. The summed E-state index contributed by atoms with van der Waals surface area (Å²) in [7, 11) is 1.98. The third-order valence-corrected chi connectivity index (χ3v) is 3.41. The van der Waals surface area contributed by atoms with Gasteiger partial charge in [-0.25, -0.2) is 0 Å². The van der Waals surface area contributed by atoms with Crippen LogP contribution in [0.3, 0.4) is 0 Å². The molecule has 0 aromatic heterocycles. The van der Waals surface area contributed by atoms with Crippen LogP contribution in [0.1, 0.15) is 31.4 Å². The lowest BCUT2D eigenvalue weighted by atomic mass is 10.1. The van der Waals surface area contributed by atoms with Crippen LogP contribution in [0.2, 0.25) is 0 Å². The van der Waals surface area contributed by atoms with Crippen LogP contribution >= 0.6 is 0 Å². The van der Waals surface area contributed by atoms with Gasteiger partial charge in [0.2, 0.25) is 0 Å². The van der Waals surface area contributed by atoms with Crippen LogP contribution in [-0.4, -0.2) is 36.5 Å². The summed E-state index contributed by atoms with van der Waals surface area (Å²) in [4.78, 5) is 2.07. The molecule has 1 aromatic carbocycles. The number of hydrogen-bond acceptors (Lipinski definition) is 4. The zero-order chi connectivity index (χ0) is 13.1. The molecular formula is C14H21NO3. The smallest absolute Gasteiger partial charge is 0.123 e. The van der Waals surface area contributed by atoms with E-state index in [1.54, 1.807) is 19.1 Å². The number of ether oxygens (including phenoxy) is 1. The summed E-state index contributed by atoms with van der Waals surface area (Å²) in [5.74, 6) is 0.140. The first kappa shape index (κ1) is 13.2. The van der Waals surface area contributed by atoms with Crippen LogP contribution in [0.15, 0.2) is 18.2 Å². The van der Waals surface area contributed by atoms with Gasteiger partial charge in [0.25, 0.3) is 0 Å². The van der Waals surface area contributed by atoms with Crippen molar-refractivity contribution in [2.75, 3.05) is 25.1 Å². The zero-order valence-electron chi connectivity index (χ0n) is 11.0. The van der Waals surface area contributed by atoms with E-state index in [0.29, 0.717) is 5.56 Å². The van der Waals surface area contributed by atoms with Gasteiger partial charge in [-0.3, -0.25) is 0 Å². The largest absolute Gasteiger partial charge is 0.507 e. The SMILES string of the molecule is CC(O)c1ccc(N(C)CC2CCCO2)cc1O. The van der Waals surface area contributed by atoms with Gasteiger partial charge in [-0.05, 0) is 25.8 Å². The van der Waals surface area contributed by atoms with Crippen LogP contribution in [0.5, 0.6) is 5.75 Å². The molecule has 2 N–H and O–H groups in total. The van der Waals surface area contributed by atoms with Gasteiger partial charge in [0.15, 0.2) is 0 Å². The number of phenols is 1. The van der Waals surface area contributed by atoms with E-state index in [2.05, 4.69) is 4.90 Å². The Morgan fingerprint density at radius 1 is 1.50 bits per heavy atom. The van der Waals surface area contributed by atoms with E-state index in [4.69, 9.17) is 4.74 Å². The molecule has 2 rings (SSSR count). The number of phenolic OH excluding ortho intramolecular Hbond substituents is 1. The number of rotatable bonds is 4. The molecule has 0 bridgehead atoms. The second-order valence-corrected chi connectivity index (χ2v) is 4.93. The number of anilines is 1. The lowest BCUT2D eigenvalue weighted by molar-refractivity contribution is 0.116. The molecule has 1 saturated heterocycles. The quantitative estimate of drug-likeness (QED) is 0.860. The highest BCUT2D eigenvalue weighted by Gasteiger charge is 2.18. The van der Waals surface area contributed by atoms with Gasteiger partial charge in [0.1, 0.15) is 5.75 Å². The minimum absolute atomic E-state index is 0.140. The molecule has 0 radical (unpaired) electrons. The summed E-state index contributed by atoms with van der Waals surface area (Å²) >= 11 is 0. The van der Waals surface area contributed by atoms with E-state index >= 15 is 0 Å². The molecule has 0 saturated carbocycles. The fourth-order valence-electron chi connectivity index (χ4n) is 2.32. The number of aromatic hydroxyl groups is 1. The first-order chi connectivity index (χ1) is 8.58. The van der Waals surface area contributed by atoms with Crippen molar-refractivity contribution in [3.05, 3.63) is 23.8 Å². The lowest BCUT2D eigenvalue weighted by Gasteiger charge is -2.23. The van der Waals surface area contributed by atoms with Gasteiger partial charge >= 0.3 is 0 Å². The molecule has 2 atom stereocenters. The van der Waals surface area contributed by atoms with E-state index in [1.807, 2.05) is 13.1 Å². The van der Waals surface area contributed by atoms with Crippen LogP contribution in [0.25, 0.3) is 0 Å². The second kappa shape index (κ2) is 5.59. The van der Waals surface area contributed by atoms with Crippen LogP contribution in [-0.2, 0) is 4.74 Å². The Kier molecular flexibility index (Phi) is 4.09. The molecular weight excluding hydrogens is 230 g/mol. The molecule has 4 nitrogen and oxygen atoms in total. The fourth-order valence-corrected chi connectivity index (χ4v) is 2.32. The van der Waals surface area contributed by atoms with Crippen molar-refractivity contribution in [3.8, 4) is 5.75 Å². The number of aliphatic hydroxyl groups is 1. The van der Waals surface area contributed by atoms with Crippen molar-refractivity contribution >= 4 is 5.69 Å². The standard InChI is InChI=1S/C14H21NO3/c1-10(16)13-6-5-11(8-14(13)17)15(2)9-12-4-3-7-18-12/h5-6,8,10,12,16-17H,3-4,7,9H2,1-2H3. The molecule has 100 valence electrons. The Hall–Kier alpha value is -1.26. The lowest BCUT2D eigenvalue weighted by Crippen LogP contribution is -2.28. The van der Waals surface area contributed by atoms with Gasteiger partial charge in [-0.1, -0.05) is 6.07 Å². The maximum absolute atomic E-state index is 9.85. The Morgan fingerprint density at radius 2 is 2.28 bits per heavy atom. The van der Waals surface area contributed by atoms with Gasteiger partial charge in [-0.2, -0.15) is 0 Å². The number of nitrogens with zero attached hydrogens (tertiary/aromatic N) is 1. The molecule has 0 spiro atoms. The first-order valence-corrected chi connectivity index (χ1v) is 6.41. The molecule has 1 aromatic rings. The molecule has 2 unspecified atom stereocenters. The van der Waals surface area contributed by atoms with Crippen LogP contribution in [0, 0.1) is 0 Å². The van der Waals surface area contributed by atoms with Crippen molar-refractivity contribution in [2.45, 2.75) is 32.0 Å². The number of aliphatic hydroxyl groups excluding tert-OH is 1. The van der Waals surface area contributed by atoms with E-state index in [-0.39, 0.29) is 11.9 Å². The fraction of sp³-hybridized carbons (Fsp3) is 0.571. The predicted molar refractivity (Wildman–Crippen MR) is 71.0 cm³/mol. The molecule has 4 heteroatoms. The second-order valence-electron chi connectivity index (χ2n) is 4.93. The average molecular weight is 251 g/mol. The van der Waals surface area contributed by atoms with Crippen LogP contribution < -0.4 is 4.90 Å². The van der Waals surface area contributed by atoms with E-state index in [0.717, 1.165) is 31.7 Å². The summed E-state index contributed by atoms with van der Waals surface area (Å²) in [6.07, 6.45) is 1.86. The average Bonchev–Trinajstić information content (AvgIpc) is 2.81. The predicted octanol–water partition coefficient (Wildman–Crippen LogP) is 2.06. The maximum atomic E-state index is 9.85. The van der Waals surface area contributed by atoms with Crippen molar-refractivity contribution in [1.82, 2.24) is 0 Å². The highest BCUT2D eigenvalue weighted by Crippen LogP contribution is 2.29. The number of hydrogen-bond donors (Lipinski definition) is 2. The van der Waals surface area contributed by atoms with Gasteiger partial charge in [0.05, 0.1) is 12.2 Å². The van der Waals surface area contributed by atoms with Crippen molar-refractivity contribution in [2.24, 2.45) is 0 Å². The summed E-state index contributed by atoms with van der Waals surface area (Å²) in [6.45, 7) is 3.32. The van der Waals surface area contributed by atoms with Gasteiger partial charge < -0.3 is 19.8 Å². The highest BCUT2D eigenvalue weighted by molar-refractivity contribution is 5.53. The molecule has 18 heavy (non-hydrogen) atoms. The number of benzene rings is 1. The van der Waals surface area contributed by atoms with E-state index < -0.39 is 6.10 Å². The minimum atomic E-state index is -0.650. The molecule has 1 fully saturated rings. The van der Waals surface area contributed by atoms with Crippen molar-refractivity contribution in [1.29, 1.82) is 0 Å². The minimum Gasteiger partial charge on any atom is -0.507 e. The van der Waals surface area contributed by atoms with Crippen molar-refractivity contribution < 1.29 is 14.9 Å². The third kappa shape index (κ3) is 2.94. The summed E-state index contributed by atoms with van der Waals surface area (Å²) < 4.78 is 5.59.